The Bertz CT molecular complexity index is 598. The maximum Gasteiger partial charge on any atom is 0.225 e. The molecule has 184 valence electrons. The molecule has 0 bridgehead atoms. The number of carbonyl (C=O) groups excluding carboxylic acids is 1. The van der Waals surface area contributed by atoms with Crippen LogP contribution in [-0.2, 0) is 14.3 Å². The second kappa shape index (κ2) is 11.6. The molecule has 1 amide bonds. The van der Waals surface area contributed by atoms with Crippen molar-refractivity contribution in [1.29, 1.82) is 0 Å². The van der Waals surface area contributed by atoms with Crippen molar-refractivity contribution in [3.63, 3.8) is 0 Å². The molecule has 32 heavy (non-hydrogen) atoms. The fourth-order valence-corrected chi connectivity index (χ4v) is 7.22. The molecular formula is C25H46N4O3. The van der Waals surface area contributed by atoms with E-state index in [2.05, 4.69) is 28.4 Å². The van der Waals surface area contributed by atoms with Crippen molar-refractivity contribution in [2.24, 2.45) is 23.7 Å². The minimum Gasteiger partial charge on any atom is -0.381 e. The molecule has 7 heteroatoms. The lowest BCUT2D eigenvalue weighted by atomic mass is 9.67. The number of methoxy groups -OCH3 is 1. The zero-order valence-corrected chi connectivity index (χ0v) is 20.4. The molecule has 0 spiro atoms. The molecule has 0 aromatic rings. The Morgan fingerprint density at radius 2 is 1.72 bits per heavy atom. The summed E-state index contributed by atoms with van der Waals surface area (Å²) in [6.45, 7) is 2.95. The van der Waals surface area contributed by atoms with E-state index in [0.29, 0.717) is 24.1 Å². The van der Waals surface area contributed by atoms with Gasteiger partial charge in [0.25, 0.3) is 0 Å². The van der Waals surface area contributed by atoms with E-state index >= 15 is 0 Å². The zero-order chi connectivity index (χ0) is 22.5. The predicted molar refractivity (Wildman–Crippen MR) is 126 cm³/mol. The van der Waals surface area contributed by atoms with Gasteiger partial charge in [0.15, 0.2) is 0 Å². The first-order valence-electron chi connectivity index (χ1n) is 13.3. The molecule has 1 aliphatic heterocycles. The third kappa shape index (κ3) is 5.49. The van der Waals surface area contributed by atoms with Gasteiger partial charge in [-0.1, -0.05) is 12.8 Å². The van der Waals surface area contributed by atoms with Gasteiger partial charge in [0.05, 0.1) is 24.3 Å². The van der Waals surface area contributed by atoms with Gasteiger partial charge in [0.2, 0.25) is 5.91 Å². The fraction of sp³-hybridized carbons (Fsp3) is 0.960. The first-order valence-corrected chi connectivity index (χ1v) is 13.3. The Balaban J connectivity index is 1.36. The molecule has 3 saturated carbocycles. The summed E-state index contributed by atoms with van der Waals surface area (Å²) >= 11 is 0. The van der Waals surface area contributed by atoms with Crippen molar-refractivity contribution in [2.75, 3.05) is 20.8 Å². The van der Waals surface area contributed by atoms with E-state index in [4.69, 9.17) is 9.47 Å². The highest BCUT2D eigenvalue weighted by Crippen LogP contribution is 2.42. The third-order valence-electron chi connectivity index (χ3n) is 8.89. The minimum absolute atomic E-state index is 0.0315. The quantitative estimate of drug-likeness (QED) is 0.477. The van der Waals surface area contributed by atoms with Crippen LogP contribution < -0.4 is 21.5 Å². The summed E-state index contributed by atoms with van der Waals surface area (Å²) in [5.74, 6) is 2.19. The lowest BCUT2D eigenvalue weighted by molar-refractivity contribution is -0.131. The molecule has 4 aliphatic rings. The van der Waals surface area contributed by atoms with Crippen LogP contribution in [0.5, 0.6) is 0 Å². The molecule has 0 aromatic heterocycles. The van der Waals surface area contributed by atoms with Crippen LogP contribution >= 0.6 is 0 Å². The first kappa shape index (κ1) is 24.4. The van der Waals surface area contributed by atoms with Crippen molar-refractivity contribution < 1.29 is 14.3 Å². The van der Waals surface area contributed by atoms with E-state index in [9.17, 15) is 4.79 Å². The summed E-state index contributed by atoms with van der Waals surface area (Å²) in [5.41, 5.74) is 7.49. The molecule has 4 N–H and O–H groups in total. The summed E-state index contributed by atoms with van der Waals surface area (Å²) in [5, 5.41) is 6.77. The van der Waals surface area contributed by atoms with Crippen molar-refractivity contribution >= 4 is 5.91 Å². The average Bonchev–Trinajstić information content (AvgIpc) is 2.84. The summed E-state index contributed by atoms with van der Waals surface area (Å²) < 4.78 is 11.5. The van der Waals surface area contributed by atoms with E-state index in [0.717, 1.165) is 37.7 Å². The summed E-state index contributed by atoms with van der Waals surface area (Å²) in [4.78, 5) is 12.4. The maximum atomic E-state index is 12.4. The van der Waals surface area contributed by atoms with Gasteiger partial charge in [-0.3, -0.25) is 15.5 Å². The summed E-state index contributed by atoms with van der Waals surface area (Å²) in [6.07, 6.45) is 13.9. The van der Waals surface area contributed by atoms with Crippen molar-refractivity contribution in [3.05, 3.63) is 0 Å². The predicted octanol–water partition coefficient (Wildman–Crippen LogP) is 2.71. The van der Waals surface area contributed by atoms with Crippen molar-refractivity contribution in [1.82, 2.24) is 21.5 Å². The van der Waals surface area contributed by atoms with E-state index in [1.807, 2.05) is 0 Å². The number of ether oxygens (including phenoxy) is 2. The Morgan fingerprint density at radius 1 is 0.969 bits per heavy atom. The highest BCUT2D eigenvalue weighted by Gasteiger charge is 2.45. The minimum atomic E-state index is -0.0665. The van der Waals surface area contributed by atoms with Crippen LogP contribution in [0.15, 0.2) is 0 Å². The molecule has 4 rings (SSSR count). The largest absolute Gasteiger partial charge is 0.381 e. The molecule has 0 radical (unpaired) electrons. The molecule has 7 nitrogen and oxygen atoms in total. The zero-order valence-electron chi connectivity index (χ0n) is 20.4. The summed E-state index contributed by atoms with van der Waals surface area (Å²) in [6, 6.07) is 0.924. The molecule has 7 atom stereocenters. The van der Waals surface area contributed by atoms with Gasteiger partial charge in [-0.2, -0.15) is 0 Å². The van der Waals surface area contributed by atoms with Crippen LogP contribution in [0.4, 0.5) is 0 Å². The van der Waals surface area contributed by atoms with Crippen LogP contribution in [0.25, 0.3) is 0 Å². The van der Waals surface area contributed by atoms with Crippen LogP contribution in [0.1, 0.15) is 77.6 Å². The van der Waals surface area contributed by atoms with Gasteiger partial charge >= 0.3 is 0 Å². The van der Waals surface area contributed by atoms with Crippen molar-refractivity contribution in [3.8, 4) is 0 Å². The average molecular weight is 451 g/mol. The number of hydrogen-bond donors (Lipinski definition) is 4. The van der Waals surface area contributed by atoms with Gasteiger partial charge in [0, 0.05) is 32.8 Å². The lowest BCUT2D eigenvalue weighted by Gasteiger charge is -2.51. The maximum absolute atomic E-state index is 12.4. The normalized spacial score (nSPS) is 42.8. The van der Waals surface area contributed by atoms with E-state index in [1.54, 1.807) is 14.2 Å². The molecule has 1 heterocycles. The van der Waals surface area contributed by atoms with Crippen molar-refractivity contribution in [2.45, 2.75) is 108 Å². The smallest absolute Gasteiger partial charge is 0.225 e. The highest BCUT2D eigenvalue weighted by atomic mass is 16.5. The van der Waals surface area contributed by atoms with Crippen LogP contribution in [0.2, 0.25) is 0 Å². The van der Waals surface area contributed by atoms with Gasteiger partial charge in [0.1, 0.15) is 0 Å². The second-order valence-corrected chi connectivity index (χ2v) is 10.6. The number of rotatable bonds is 7. The van der Waals surface area contributed by atoms with Crippen LogP contribution in [0, 0.1) is 23.7 Å². The highest BCUT2D eigenvalue weighted by molar-refractivity contribution is 5.79. The molecule has 1 saturated heterocycles. The van der Waals surface area contributed by atoms with Gasteiger partial charge in [-0.05, 0) is 82.5 Å². The molecular weight excluding hydrogens is 404 g/mol. The van der Waals surface area contributed by atoms with Gasteiger partial charge < -0.3 is 14.8 Å². The molecule has 7 unspecified atom stereocenters. The standard InChI is InChI=1S/C25H46N4O3/c1-4-32-18-12-9-16(10-13-18)23-19-7-5-6-8-20(19)24(29-28-23)27-17-11-14-22(31-3)21(15-17)25(30)26-2/h16-24,27-29H,4-15H2,1-3H3,(H,26,30). The van der Waals surface area contributed by atoms with E-state index < -0.39 is 0 Å². The third-order valence-corrected chi connectivity index (χ3v) is 8.89. The topological polar surface area (TPSA) is 83.7 Å². The number of nitrogens with one attached hydrogen (secondary N) is 4. The number of amides is 1. The number of hydrazine groups is 1. The monoisotopic (exact) mass is 450 g/mol. The van der Waals surface area contributed by atoms with E-state index in [-0.39, 0.29) is 24.1 Å². The summed E-state index contributed by atoms with van der Waals surface area (Å²) in [7, 11) is 3.46. The van der Waals surface area contributed by atoms with Gasteiger partial charge in [-0.15, -0.1) is 0 Å². The Labute approximate surface area is 194 Å². The Morgan fingerprint density at radius 3 is 2.41 bits per heavy atom. The Hall–Kier alpha value is -0.730. The Kier molecular flexibility index (Phi) is 8.85. The molecule has 4 fully saturated rings. The molecule has 3 aliphatic carbocycles. The lowest BCUT2D eigenvalue weighted by Crippen LogP contribution is -2.69. The van der Waals surface area contributed by atoms with Gasteiger partial charge in [-0.25, -0.2) is 5.43 Å². The number of carbonyl (C=O) groups is 1. The number of fused-ring (bicyclic) bond motifs is 1. The second-order valence-electron chi connectivity index (χ2n) is 10.6. The number of hydrogen-bond acceptors (Lipinski definition) is 6. The SMILES string of the molecule is CCOC1CCC(C2NNC(NC3CCC(OC)C(C(=O)NC)C3)C3CCCCC32)CC1. The fourth-order valence-electron chi connectivity index (χ4n) is 7.22. The molecule has 0 aromatic carbocycles. The van der Waals surface area contributed by atoms with Crippen LogP contribution in [0.3, 0.4) is 0 Å². The first-order chi connectivity index (χ1) is 15.6. The van der Waals surface area contributed by atoms with E-state index in [1.165, 1.54) is 51.4 Å². The van der Waals surface area contributed by atoms with Crippen LogP contribution in [-0.4, -0.2) is 57.1 Å².